The minimum absolute atomic E-state index is 0.156. The Morgan fingerprint density at radius 3 is 2.76 bits per heavy atom. The second-order valence-electron chi connectivity index (χ2n) is 3.95. The van der Waals surface area contributed by atoms with E-state index in [4.69, 9.17) is 33.8 Å². The number of nitrogen functional groups attached to an aromatic ring is 1. The molecule has 2 aromatic rings. The molecule has 0 unspecified atom stereocenters. The predicted molar refractivity (Wildman–Crippen MR) is 81.3 cm³/mol. The lowest BCUT2D eigenvalue weighted by Gasteiger charge is -2.09. The first-order valence-electron chi connectivity index (χ1n) is 6.03. The van der Waals surface area contributed by atoms with Crippen molar-refractivity contribution >= 4 is 35.0 Å². The van der Waals surface area contributed by atoms with Crippen molar-refractivity contribution in [3.8, 4) is 11.4 Å². The number of anilines is 1. The Kier molecular flexibility index (Phi) is 4.95. The van der Waals surface area contributed by atoms with Gasteiger partial charge >= 0.3 is 5.97 Å². The van der Waals surface area contributed by atoms with Crippen LogP contribution in [0.5, 0.6) is 0 Å². The minimum Gasteiger partial charge on any atom is -0.462 e. The van der Waals surface area contributed by atoms with Crippen LogP contribution >= 0.6 is 23.2 Å². The summed E-state index contributed by atoms with van der Waals surface area (Å²) in [6, 6.07) is 4.98. The number of benzene rings is 1. The summed E-state index contributed by atoms with van der Waals surface area (Å²) < 4.78 is 4.90. The SMILES string of the molecule is CCOC(=O)c1cnc(-c2ccc(Cl)c(Cl)c2)nc1NN. The Balaban J connectivity index is 2.42. The molecule has 0 spiro atoms. The summed E-state index contributed by atoms with van der Waals surface area (Å²) in [6.45, 7) is 1.95. The van der Waals surface area contributed by atoms with Gasteiger partial charge < -0.3 is 10.2 Å². The van der Waals surface area contributed by atoms with Gasteiger partial charge in [0.05, 0.1) is 16.7 Å². The number of carbonyl (C=O) groups is 1. The van der Waals surface area contributed by atoms with E-state index in [-0.39, 0.29) is 18.0 Å². The molecule has 110 valence electrons. The molecule has 0 amide bonds. The highest BCUT2D eigenvalue weighted by molar-refractivity contribution is 6.42. The van der Waals surface area contributed by atoms with E-state index < -0.39 is 5.97 Å². The number of halogens is 2. The predicted octanol–water partition coefficient (Wildman–Crippen LogP) is 2.91. The second-order valence-corrected chi connectivity index (χ2v) is 4.76. The number of esters is 1. The normalized spacial score (nSPS) is 10.3. The molecule has 6 nitrogen and oxygen atoms in total. The zero-order chi connectivity index (χ0) is 15.4. The maximum atomic E-state index is 11.7. The van der Waals surface area contributed by atoms with Gasteiger partial charge in [-0.3, -0.25) is 0 Å². The lowest BCUT2D eigenvalue weighted by Crippen LogP contribution is -2.16. The van der Waals surface area contributed by atoms with Crippen LogP contribution in [0.1, 0.15) is 17.3 Å². The van der Waals surface area contributed by atoms with Crippen LogP contribution in [0.3, 0.4) is 0 Å². The summed E-state index contributed by atoms with van der Waals surface area (Å²) in [5.74, 6) is 5.37. The monoisotopic (exact) mass is 326 g/mol. The molecule has 0 fully saturated rings. The van der Waals surface area contributed by atoms with Gasteiger partial charge in [0.25, 0.3) is 0 Å². The summed E-state index contributed by atoms with van der Waals surface area (Å²) in [6.07, 6.45) is 1.35. The molecule has 1 aromatic carbocycles. The largest absolute Gasteiger partial charge is 0.462 e. The smallest absolute Gasteiger partial charge is 0.343 e. The standard InChI is InChI=1S/C13H12Cl2N4O2/c1-2-21-13(20)8-6-17-11(18-12(8)19-16)7-3-4-9(14)10(15)5-7/h3-6H,2,16H2,1H3,(H,17,18,19). The lowest BCUT2D eigenvalue weighted by molar-refractivity contribution is 0.0526. The summed E-state index contributed by atoms with van der Waals surface area (Å²) in [5.41, 5.74) is 3.17. The fraction of sp³-hybridized carbons (Fsp3) is 0.154. The lowest BCUT2D eigenvalue weighted by atomic mass is 10.2. The molecule has 3 N–H and O–H groups in total. The maximum Gasteiger partial charge on any atom is 0.343 e. The van der Waals surface area contributed by atoms with E-state index in [1.807, 2.05) is 0 Å². The average Bonchev–Trinajstić information content (AvgIpc) is 2.49. The number of nitrogens with one attached hydrogen (secondary N) is 1. The Bertz CT molecular complexity index is 679. The topological polar surface area (TPSA) is 90.1 Å². The van der Waals surface area contributed by atoms with Gasteiger partial charge in [-0.05, 0) is 25.1 Å². The summed E-state index contributed by atoms with van der Waals surface area (Å²) >= 11 is 11.8. The van der Waals surface area contributed by atoms with E-state index in [2.05, 4.69) is 15.4 Å². The van der Waals surface area contributed by atoms with Crippen molar-refractivity contribution in [3.63, 3.8) is 0 Å². The summed E-state index contributed by atoms with van der Waals surface area (Å²) in [5, 5.41) is 0.815. The van der Waals surface area contributed by atoms with Crippen molar-refractivity contribution in [1.82, 2.24) is 9.97 Å². The molecule has 8 heteroatoms. The van der Waals surface area contributed by atoms with Crippen LogP contribution in [0.2, 0.25) is 10.0 Å². The number of hydrogen-bond donors (Lipinski definition) is 2. The Morgan fingerprint density at radius 2 is 2.14 bits per heavy atom. The molecule has 2 rings (SSSR count). The number of rotatable bonds is 4. The van der Waals surface area contributed by atoms with E-state index in [0.717, 1.165) is 0 Å². The van der Waals surface area contributed by atoms with Crippen molar-refractivity contribution in [1.29, 1.82) is 0 Å². The van der Waals surface area contributed by atoms with Gasteiger partial charge in [-0.15, -0.1) is 0 Å². The molecule has 0 saturated carbocycles. The van der Waals surface area contributed by atoms with E-state index >= 15 is 0 Å². The third-order valence-corrected chi connectivity index (χ3v) is 3.34. The number of hydrazine groups is 1. The van der Waals surface area contributed by atoms with Crippen LogP contribution in [0.4, 0.5) is 5.82 Å². The van der Waals surface area contributed by atoms with Crippen molar-refractivity contribution in [2.75, 3.05) is 12.0 Å². The molecular weight excluding hydrogens is 315 g/mol. The van der Waals surface area contributed by atoms with Crippen LogP contribution in [0.25, 0.3) is 11.4 Å². The molecule has 21 heavy (non-hydrogen) atoms. The van der Waals surface area contributed by atoms with E-state index in [0.29, 0.717) is 21.4 Å². The molecule has 0 radical (unpaired) electrons. The van der Waals surface area contributed by atoms with Crippen molar-refractivity contribution in [3.05, 3.63) is 40.0 Å². The first kappa shape index (κ1) is 15.5. The number of nitrogens with zero attached hydrogens (tertiary/aromatic N) is 2. The molecule has 0 saturated heterocycles. The van der Waals surface area contributed by atoms with Gasteiger partial charge in [0, 0.05) is 11.8 Å². The molecule has 0 atom stereocenters. The van der Waals surface area contributed by atoms with Gasteiger partial charge in [-0.2, -0.15) is 0 Å². The van der Waals surface area contributed by atoms with Gasteiger partial charge in [0.15, 0.2) is 11.6 Å². The van der Waals surface area contributed by atoms with Crippen molar-refractivity contribution < 1.29 is 9.53 Å². The summed E-state index contributed by atoms with van der Waals surface area (Å²) in [7, 11) is 0. The zero-order valence-electron chi connectivity index (χ0n) is 11.1. The highest BCUT2D eigenvalue weighted by Gasteiger charge is 2.16. The third kappa shape index (κ3) is 3.41. The van der Waals surface area contributed by atoms with Gasteiger partial charge in [-0.25, -0.2) is 20.6 Å². The van der Waals surface area contributed by atoms with E-state index in [1.54, 1.807) is 25.1 Å². The maximum absolute atomic E-state index is 11.7. The Morgan fingerprint density at radius 1 is 1.38 bits per heavy atom. The third-order valence-electron chi connectivity index (χ3n) is 2.60. The molecule has 1 heterocycles. The van der Waals surface area contributed by atoms with Gasteiger partial charge in [0.2, 0.25) is 0 Å². The molecule has 1 aromatic heterocycles. The number of aromatic nitrogens is 2. The molecule has 0 bridgehead atoms. The first-order valence-corrected chi connectivity index (χ1v) is 6.78. The van der Waals surface area contributed by atoms with E-state index in [1.165, 1.54) is 6.20 Å². The minimum atomic E-state index is -0.550. The van der Waals surface area contributed by atoms with Crippen LogP contribution in [-0.2, 0) is 4.74 Å². The first-order chi connectivity index (χ1) is 10.1. The van der Waals surface area contributed by atoms with Gasteiger partial charge in [-0.1, -0.05) is 23.2 Å². The van der Waals surface area contributed by atoms with Crippen molar-refractivity contribution in [2.45, 2.75) is 6.92 Å². The number of hydrogen-bond acceptors (Lipinski definition) is 6. The van der Waals surface area contributed by atoms with Gasteiger partial charge in [0.1, 0.15) is 5.56 Å². The van der Waals surface area contributed by atoms with Crippen molar-refractivity contribution in [2.24, 2.45) is 5.84 Å². The average molecular weight is 327 g/mol. The van der Waals surface area contributed by atoms with Crippen LogP contribution < -0.4 is 11.3 Å². The Labute approximate surface area is 131 Å². The highest BCUT2D eigenvalue weighted by atomic mass is 35.5. The molecule has 0 aliphatic carbocycles. The fourth-order valence-electron chi connectivity index (χ4n) is 1.62. The van der Waals surface area contributed by atoms with E-state index in [9.17, 15) is 4.79 Å². The second kappa shape index (κ2) is 6.71. The molecular formula is C13H12Cl2N4O2. The van der Waals surface area contributed by atoms with Crippen LogP contribution in [0, 0.1) is 0 Å². The quantitative estimate of drug-likeness (QED) is 0.510. The molecule has 0 aliphatic rings. The number of ether oxygens (including phenoxy) is 1. The van der Waals surface area contributed by atoms with Crippen LogP contribution in [0.15, 0.2) is 24.4 Å². The zero-order valence-corrected chi connectivity index (χ0v) is 12.6. The molecule has 0 aliphatic heterocycles. The number of carbonyl (C=O) groups excluding carboxylic acids is 1. The highest BCUT2D eigenvalue weighted by Crippen LogP contribution is 2.27. The number of nitrogens with two attached hydrogens (primary N) is 1. The Hall–Kier alpha value is -1.89. The summed E-state index contributed by atoms with van der Waals surface area (Å²) in [4.78, 5) is 20.0. The fourth-order valence-corrected chi connectivity index (χ4v) is 1.92. The van der Waals surface area contributed by atoms with Crippen LogP contribution in [-0.4, -0.2) is 22.5 Å².